The topological polar surface area (TPSA) is 9.23 Å². The second-order valence-corrected chi connectivity index (χ2v) is 5.50. The van der Waals surface area contributed by atoms with Crippen molar-refractivity contribution in [3.8, 4) is 0 Å². The van der Waals surface area contributed by atoms with E-state index in [0.29, 0.717) is 0 Å². The Hall–Kier alpha value is -2.12. The van der Waals surface area contributed by atoms with Gasteiger partial charge in [0.25, 0.3) is 0 Å². The molecule has 1 saturated heterocycles. The second-order valence-electron chi connectivity index (χ2n) is 5.50. The Bertz CT molecular complexity index is 613. The molecule has 0 unspecified atom stereocenters. The molecular formula is C20H20O. The molecule has 2 aromatic carbocycles. The number of ether oxygens (including phenoxy) is 1. The molecule has 106 valence electrons. The van der Waals surface area contributed by atoms with E-state index in [0.717, 1.165) is 12.8 Å². The van der Waals surface area contributed by atoms with Crippen molar-refractivity contribution in [2.24, 2.45) is 0 Å². The minimum atomic E-state index is 0.108. The third kappa shape index (κ3) is 3.71. The first-order chi connectivity index (χ1) is 10.3. The summed E-state index contributed by atoms with van der Waals surface area (Å²) in [5, 5.41) is 0. The number of benzene rings is 2. The molecule has 1 fully saturated rings. The van der Waals surface area contributed by atoms with Crippen molar-refractivity contribution in [3.63, 3.8) is 0 Å². The molecule has 0 amide bonds. The van der Waals surface area contributed by atoms with E-state index in [1.807, 2.05) is 24.3 Å². The van der Waals surface area contributed by atoms with E-state index in [2.05, 4.69) is 55.1 Å². The summed E-state index contributed by atoms with van der Waals surface area (Å²) >= 11 is 0. The van der Waals surface area contributed by atoms with Gasteiger partial charge in [0, 0.05) is 0 Å². The molecule has 0 aliphatic carbocycles. The van der Waals surface area contributed by atoms with Gasteiger partial charge in [-0.2, -0.15) is 0 Å². The van der Waals surface area contributed by atoms with E-state index >= 15 is 0 Å². The highest BCUT2D eigenvalue weighted by Gasteiger charge is 2.24. The Balaban J connectivity index is 1.72. The van der Waals surface area contributed by atoms with Crippen LogP contribution in [0.25, 0.3) is 6.08 Å². The Kier molecular flexibility index (Phi) is 4.32. The largest absolute Gasteiger partial charge is 0.366 e. The molecule has 0 N–H and O–H groups in total. The van der Waals surface area contributed by atoms with Crippen molar-refractivity contribution < 1.29 is 4.74 Å². The fraction of sp³-hybridized carbons (Fsp3) is 0.200. The molecule has 0 aromatic heterocycles. The van der Waals surface area contributed by atoms with Crippen LogP contribution in [0, 0.1) is 0 Å². The third-order valence-corrected chi connectivity index (χ3v) is 3.78. The minimum absolute atomic E-state index is 0.108. The van der Waals surface area contributed by atoms with Gasteiger partial charge in [-0.05, 0) is 24.0 Å². The number of hydrogen-bond acceptors (Lipinski definition) is 1. The smallest absolute Gasteiger partial charge is 0.0870 e. The lowest BCUT2D eigenvalue weighted by atomic mass is 9.94. The molecule has 2 atom stereocenters. The highest BCUT2D eigenvalue weighted by molar-refractivity contribution is 5.49. The molecule has 3 rings (SSSR count). The van der Waals surface area contributed by atoms with Gasteiger partial charge in [-0.1, -0.05) is 85.0 Å². The first kappa shape index (κ1) is 13.8. The summed E-state index contributed by atoms with van der Waals surface area (Å²) in [5.74, 6) is 0. The van der Waals surface area contributed by atoms with Crippen LogP contribution in [0.15, 0.2) is 78.9 Å². The predicted molar refractivity (Wildman–Crippen MR) is 87.9 cm³/mol. The SMILES string of the molecule is C=C1C[C@@H](c2ccccc2)O[C@@H](/C=C/c2ccccc2)C1. The molecule has 21 heavy (non-hydrogen) atoms. The Morgan fingerprint density at radius 2 is 1.57 bits per heavy atom. The summed E-state index contributed by atoms with van der Waals surface area (Å²) in [6, 6.07) is 20.7. The molecule has 1 aliphatic rings. The molecule has 0 spiro atoms. The van der Waals surface area contributed by atoms with Crippen molar-refractivity contribution in [1.29, 1.82) is 0 Å². The van der Waals surface area contributed by atoms with E-state index in [9.17, 15) is 0 Å². The van der Waals surface area contributed by atoms with Gasteiger partial charge in [-0.3, -0.25) is 0 Å². The van der Waals surface area contributed by atoms with Gasteiger partial charge in [0.1, 0.15) is 0 Å². The Morgan fingerprint density at radius 1 is 0.905 bits per heavy atom. The van der Waals surface area contributed by atoms with Gasteiger partial charge in [-0.25, -0.2) is 0 Å². The van der Waals surface area contributed by atoms with Crippen LogP contribution in [0.5, 0.6) is 0 Å². The first-order valence-corrected chi connectivity index (χ1v) is 7.41. The maximum atomic E-state index is 6.22. The van der Waals surface area contributed by atoms with Crippen molar-refractivity contribution >= 4 is 6.08 Å². The summed E-state index contributed by atoms with van der Waals surface area (Å²) in [6.45, 7) is 4.18. The van der Waals surface area contributed by atoms with Crippen molar-refractivity contribution in [2.45, 2.75) is 25.0 Å². The van der Waals surface area contributed by atoms with Gasteiger partial charge in [0.05, 0.1) is 12.2 Å². The average molecular weight is 276 g/mol. The van der Waals surface area contributed by atoms with Gasteiger partial charge in [0.2, 0.25) is 0 Å². The van der Waals surface area contributed by atoms with Crippen LogP contribution in [0.3, 0.4) is 0 Å². The predicted octanol–water partition coefficient (Wildman–Crippen LogP) is 5.18. The molecule has 0 saturated carbocycles. The highest BCUT2D eigenvalue weighted by atomic mass is 16.5. The van der Waals surface area contributed by atoms with Gasteiger partial charge in [0.15, 0.2) is 0 Å². The molecule has 1 nitrogen and oxygen atoms in total. The maximum absolute atomic E-state index is 6.22. The van der Waals surface area contributed by atoms with Crippen LogP contribution in [-0.2, 0) is 4.74 Å². The molecule has 0 radical (unpaired) electrons. The minimum Gasteiger partial charge on any atom is -0.366 e. The zero-order valence-corrected chi connectivity index (χ0v) is 12.1. The quantitative estimate of drug-likeness (QED) is 0.702. The Labute approximate surface area is 126 Å². The highest BCUT2D eigenvalue weighted by Crippen LogP contribution is 2.34. The van der Waals surface area contributed by atoms with Crippen LogP contribution in [-0.4, -0.2) is 6.10 Å². The van der Waals surface area contributed by atoms with E-state index in [4.69, 9.17) is 4.74 Å². The fourth-order valence-electron chi connectivity index (χ4n) is 2.70. The summed E-state index contributed by atoms with van der Waals surface area (Å²) in [5.41, 5.74) is 3.70. The summed E-state index contributed by atoms with van der Waals surface area (Å²) in [6.07, 6.45) is 6.34. The Morgan fingerprint density at radius 3 is 2.29 bits per heavy atom. The monoisotopic (exact) mass is 276 g/mol. The lowest BCUT2D eigenvalue weighted by Gasteiger charge is -2.30. The van der Waals surface area contributed by atoms with Crippen LogP contribution in [0.1, 0.15) is 30.1 Å². The lowest BCUT2D eigenvalue weighted by Crippen LogP contribution is -2.21. The van der Waals surface area contributed by atoms with E-state index in [-0.39, 0.29) is 12.2 Å². The van der Waals surface area contributed by atoms with E-state index in [1.165, 1.54) is 16.7 Å². The van der Waals surface area contributed by atoms with Crippen LogP contribution < -0.4 is 0 Å². The van der Waals surface area contributed by atoms with Crippen molar-refractivity contribution in [3.05, 3.63) is 90.0 Å². The molecule has 1 heteroatoms. The summed E-state index contributed by atoms with van der Waals surface area (Å²) < 4.78 is 6.22. The van der Waals surface area contributed by atoms with Crippen LogP contribution >= 0.6 is 0 Å². The van der Waals surface area contributed by atoms with E-state index < -0.39 is 0 Å². The first-order valence-electron chi connectivity index (χ1n) is 7.41. The molecule has 2 aromatic rings. The molecule has 1 heterocycles. The average Bonchev–Trinajstić information content (AvgIpc) is 2.54. The molecule has 0 bridgehead atoms. The van der Waals surface area contributed by atoms with Crippen molar-refractivity contribution in [2.75, 3.05) is 0 Å². The zero-order chi connectivity index (χ0) is 14.5. The second kappa shape index (κ2) is 6.55. The van der Waals surface area contributed by atoms with E-state index in [1.54, 1.807) is 0 Å². The van der Waals surface area contributed by atoms with Gasteiger partial charge >= 0.3 is 0 Å². The normalized spacial score (nSPS) is 22.6. The van der Waals surface area contributed by atoms with Gasteiger partial charge in [-0.15, -0.1) is 0 Å². The van der Waals surface area contributed by atoms with Gasteiger partial charge < -0.3 is 4.74 Å². The molecular weight excluding hydrogens is 256 g/mol. The maximum Gasteiger partial charge on any atom is 0.0870 e. The number of hydrogen-bond donors (Lipinski definition) is 0. The summed E-state index contributed by atoms with van der Waals surface area (Å²) in [4.78, 5) is 0. The fourth-order valence-corrected chi connectivity index (χ4v) is 2.70. The van der Waals surface area contributed by atoms with Crippen LogP contribution in [0.4, 0.5) is 0 Å². The zero-order valence-electron chi connectivity index (χ0n) is 12.1. The molecule has 1 aliphatic heterocycles. The third-order valence-electron chi connectivity index (χ3n) is 3.78. The standard InChI is InChI=1S/C20H20O/c1-16-14-19(13-12-17-8-4-2-5-9-17)21-20(15-16)18-10-6-3-7-11-18/h2-13,19-20H,1,14-15H2/b13-12+/t19-,20-/m0/s1. The summed E-state index contributed by atoms with van der Waals surface area (Å²) in [7, 11) is 0. The lowest BCUT2D eigenvalue weighted by molar-refractivity contribution is -0.00678. The number of rotatable bonds is 3. The van der Waals surface area contributed by atoms with Crippen LogP contribution in [0.2, 0.25) is 0 Å². The van der Waals surface area contributed by atoms with Crippen molar-refractivity contribution in [1.82, 2.24) is 0 Å².